The Labute approximate surface area is 104 Å². The van der Waals surface area contributed by atoms with Gasteiger partial charge in [0.25, 0.3) is 0 Å². The number of carbonyl (C=O) groups excluding carboxylic acids is 1. The molecule has 0 atom stereocenters. The zero-order valence-electron chi connectivity index (χ0n) is 8.72. The summed E-state index contributed by atoms with van der Waals surface area (Å²) in [7, 11) is 0. The van der Waals surface area contributed by atoms with Crippen molar-refractivity contribution in [2.75, 3.05) is 5.88 Å². The van der Waals surface area contributed by atoms with Crippen molar-refractivity contribution in [3.8, 4) is 0 Å². The molecule has 0 spiro atoms. The Balaban J connectivity index is 3.05. The summed E-state index contributed by atoms with van der Waals surface area (Å²) in [6, 6.07) is 6.03. The molecule has 15 heavy (non-hydrogen) atoms. The molecule has 0 unspecified atom stereocenters. The molecule has 0 saturated heterocycles. The van der Waals surface area contributed by atoms with Gasteiger partial charge in [-0.05, 0) is 23.6 Å². The first-order chi connectivity index (χ1) is 7.22. The number of aryl methyl sites for hydroxylation is 1. The second-order valence-electron chi connectivity index (χ2n) is 3.34. The van der Waals surface area contributed by atoms with Crippen molar-refractivity contribution in [3.63, 3.8) is 0 Å². The van der Waals surface area contributed by atoms with Gasteiger partial charge in [0.2, 0.25) is 0 Å². The number of benzene rings is 1. The largest absolute Gasteiger partial charge is 0.294 e. The Morgan fingerprint density at radius 2 is 2.20 bits per heavy atom. The van der Waals surface area contributed by atoms with Crippen molar-refractivity contribution in [2.45, 2.75) is 25.1 Å². The van der Waals surface area contributed by atoms with E-state index < -0.39 is 0 Å². The minimum atomic E-state index is 0.143. The van der Waals surface area contributed by atoms with Gasteiger partial charge in [-0.3, -0.25) is 4.79 Å². The van der Waals surface area contributed by atoms with Crippen LogP contribution in [0, 0.1) is 0 Å². The van der Waals surface area contributed by atoms with Gasteiger partial charge < -0.3 is 0 Å². The lowest BCUT2D eigenvalue weighted by molar-refractivity contribution is 0.0988. The molecule has 0 amide bonds. The van der Waals surface area contributed by atoms with Gasteiger partial charge in [0.15, 0.2) is 5.78 Å². The molecule has 0 aromatic heterocycles. The maximum absolute atomic E-state index is 11.8. The van der Waals surface area contributed by atoms with Crippen molar-refractivity contribution < 1.29 is 4.79 Å². The summed E-state index contributed by atoms with van der Waals surface area (Å²) < 4.78 is 0. The predicted octanol–water partition coefficient (Wildman–Crippen LogP) is 3.96. The highest BCUT2D eigenvalue weighted by molar-refractivity contribution is 9.08. The topological polar surface area (TPSA) is 17.1 Å². The first-order valence-electron chi connectivity index (χ1n) is 4.99. The van der Waals surface area contributed by atoms with Crippen LogP contribution in [0.2, 0.25) is 0 Å². The molecule has 0 aliphatic rings. The van der Waals surface area contributed by atoms with Crippen molar-refractivity contribution in [1.29, 1.82) is 0 Å². The predicted molar refractivity (Wildman–Crippen MR) is 68.1 cm³/mol. The van der Waals surface area contributed by atoms with E-state index >= 15 is 0 Å². The van der Waals surface area contributed by atoms with E-state index in [1.807, 2.05) is 18.2 Å². The number of hydrogen-bond donors (Lipinski definition) is 0. The lowest BCUT2D eigenvalue weighted by atomic mass is 9.98. The smallest absolute Gasteiger partial charge is 0.164 e. The van der Waals surface area contributed by atoms with Crippen LogP contribution in [-0.4, -0.2) is 11.7 Å². The SMILES string of the molecule is CCc1ccc(CBr)cc1C(=O)CCCl. The number of rotatable bonds is 5. The van der Waals surface area contributed by atoms with Gasteiger partial charge in [-0.1, -0.05) is 35.0 Å². The molecule has 1 aromatic carbocycles. The summed E-state index contributed by atoms with van der Waals surface area (Å²) >= 11 is 8.97. The highest BCUT2D eigenvalue weighted by atomic mass is 79.9. The zero-order valence-corrected chi connectivity index (χ0v) is 11.1. The van der Waals surface area contributed by atoms with Gasteiger partial charge in [-0.25, -0.2) is 0 Å². The van der Waals surface area contributed by atoms with E-state index in [2.05, 4.69) is 22.9 Å². The van der Waals surface area contributed by atoms with Crippen LogP contribution in [-0.2, 0) is 11.8 Å². The monoisotopic (exact) mass is 288 g/mol. The fourth-order valence-corrected chi connectivity index (χ4v) is 2.02. The summed E-state index contributed by atoms with van der Waals surface area (Å²) in [5, 5.41) is 0.776. The molecule has 1 rings (SSSR count). The molecule has 3 heteroatoms. The lowest BCUT2D eigenvalue weighted by Crippen LogP contribution is -2.04. The Hall–Kier alpha value is -0.340. The van der Waals surface area contributed by atoms with Gasteiger partial charge >= 0.3 is 0 Å². The Bertz CT molecular complexity index is 349. The van der Waals surface area contributed by atoms with Crippen LogP contribution >= 0.6 is 27.5 Å². The maximum atomic E-state index is 11.8. The average Bonchev–Trinajstić information content (AvgIpc) is 2.28. The first kappa shape index (κ1) is 12.7. The van der Waals surface area contributed by atoms with Crippen LogP contribution in [0.3, 0.4) is 0 Å². The van der Waals surface area contributed by atoms with E-state index in [9.17, 15) is 4.79 Å². The molecule has 0 aliphatic heterocycles. The molecule has 0 saturated carbocycles. The van der Waals surface area contributed by atoms with Crippen molar-refractivity contribution >= 4 is 33.3 Å². The van der Waals surface area contributed by atoms with Crippen LogP contribution in [0.15, 0.2) is 18.2 Å². The van der Waals surface area contributed by atoms with Gasteiger partial charge in [0, 0.05) is 23.2 Å². The fraction of sp³-hybridized carbons (Fsp3) is 0.417. The van der Waals surface area contributed by atoms with E-state index in [1.165, 1.54) is 0 Å². The highest BCUT2D eigenvalue weighted by Gasteiger charge is 2.10. The minimum absolute atomic E-state index is 0.143. The van der Waals surface area contributed by atoms with Crippen LogP contribution in [0.25, 0.3) is 0 Å². The van der Waals surface area contributed by atoms with Crippen LogP contribution in [0.4, 0.5) is 0 Å². The highest BCUT2D eigenvalue weighted by Crippen LogP contribution is 2.17. The molecular formula is C12H14BrClO. The molecule has 0 bridgehead atoms. The number of carbonyl (C=O) groups is 1. The molecule has 82 valence electrons. The van der Waals surface area contributed by atoms with E-state index in [-0.39, 0.29) is 5.78 Å². The minimum Gasteiger partial charge on any atom is -0.294 e. The number of halogens is 2. The van der Waals surface area contributed by atoms with Gasteiger partial charge in [-0.15, -0.1) is 11.6 Å². The Kier molecular flexibility index (Phi) is 5.34. The van der Waals surface area contributed by atoms with E-state index in [1.54, 1.807) is 0 Å². The molecule has 0 fully saturated rings. The van der Waals surface area contributed by atoms with Crippen LogP contribution < -0.4 is 0 Å². The van der Waals surface area contributed by atoms with E-state index in [0.29, 0.717) is 12.3 Å². The quantitative estimate of drug-likeness (QED) is 0.592. The second kappa shape index (κ2) is 6.29. The Morgan fingerprint density at radius 3 is 2.73 bits per heavy atom. The van der Waals surface area contributed by atoms with Crippen LogP contribution in [0.5, 0.6) is 0 Å². The average molecular weight is 290 g/mol. The molecule has 0 radical (unpaired) electrons. The molecule has 0 aliphatic carbocycles. The summed E-state index contributed by atoms with van der Waals surface area (Å²) in [5.74, 6) is 0.533. The standard InChI is InChI=1S/C12H14BrClO/c1-2-10-4-3-9(8-13)7-11(10)12(15)5-6-14/h3-4,7H,2,5-6,8H2,1H3. The molecule has 0 heterocycles. The number of alkyl halides is 2. The van der Waals surface area contributed by atoms with Crippen molar-refractivity contribution in [3.05, 3.63) is 34.9 Å². The van der Waals surface area contributed by atoms with E-state index in [4.69, 9.17) is 11.6 Å². The van der Waals surface area contributed by atoms with Gasteiger partial charge in [0.1, 0.15) is 0 Å². The number of Topliss-reactive ketones (excluding diaryl/α,β-unsaturated/α-hetero) is 1. The Morgan fingerprint density at radius 1 is 1.47 bits per heavy atom. The molecule has 1 nitrogen and oxygen atoms in total. The molecule has 1 aromatic rings. The summed E-state index contributed by atoms with van der Waals surface area (Å²) in [6.45, 7) is 2.06. The number of ketones is 1. The third-order valence-electron chi connectivity index (χ3n) is 2.33. The van der Waals surface area contributed by atoms with Crippen LogP contribution in [0.1, 0.15) is 34.8 Å². The maximum Gasteiger partial charge on any atom is 0.164 e. The molecule has 0 N–H and O–H groups in total. The molecular weight excluding hydrogens is 275 g/mol. The second-order valence-corrected chi connectivity index (χ2v) is 4.28. The summed E-state index contributed by atoms with van der Waals surface area (Å²) in [6.07, 6.45) is 1.30. The first-order valence-corrected chi connectivity index (χ1v) is 6.65. The number of hydrogen-bond acceptors (Lipinski definition) is 1. The van der Waals surface area contributed by atoms with E-state index in [0.717, 1.165) is 28.4 Å². The van der Waals surface area contributed by atoms with Gasteiger partial charge in [-0.2, -0.15) is 0 Å². The van der Waals surface area contributed by atoms with Crippen molar-refractivity contribution in [2.24, 2.45) is 0 Å². The normalized spacial score (nSPS) is 10.3. The third-order valence-corrected chi connectivity index (χ3v) is 3.17. The lowest BCUT2D eigenvalue weighted by Gasteiger charge is -2.07. The summed E-state index contributed by atoms with van der Waals surface area (Å²) in [4.78, 5) is 11.8. The van der Waals surface area contributed by atoms with Crippen molar-refractivity contribution in [1.82, 2.24) is 0 Å². The van der Waals surface area contributed by atoms with Gasteiger partial charge in [0.05, 0.1) is 0 Å². The fourth-order valence-electron chi connectivity index (χ4n) is 1.50. The zero-order chi connectivity index (χ0) is 11.3. The summed E-state index contributed by atoms with van der Waals surface area (Å²) in [5.41, 5.74) is 3.06. The third kappa shape index (κ3) is 3.32.